The number of carbonyl (C=O) groups excluding carboxylic acids is 2. The molecule has 1 aliphatic rings. The lowest BCUT2D eigenvalue weighted by molar-refractivity contribution is -0.137. The number of aromatic nitrogens is 2. The number of nitrogens with one attached hydrogen (secondary N) is 1. The van der Waals surface area contributed by atoms with Gasteiger partial charge in [-0.05, 0) is 83.0 Å². The highest BCUT2D eigenvalue weighted by atomic mass is 35.5. The molecule has 1 aromatic carbocycles. The van der Waals surface area contributed by atoms with Crippen molar-refractivity contribution >= 4 is 59.0 Å². The van der Waals surface area contributed by atoms with E-state index < -0.39 is 5.41 Å². The molecule has 0 radical (unpaired) electrons. The molecule has 1 aliphatic heterocycles. The van der Waals surface area contributed by atoms with Crippen LogP contribution in [0.3, 0.4) is 0 Å². The highest BCUT2D eigenvalue weighted by molar-refractivity contribution is 6.20. The summed E-state index contributed by atoms with van der Waals surface area (Å²) in [7, 11) is 1.70. The summed E-state index contributed by atoms with van der Waals surface area (Å²) in [5.41, 5.74) is 2.80. The Morgan fingerprint density at radius 1 is 1.02 bits per heavy atom. The summed E-state index contributed by atoms with van der Waals surface area (Å²) >= 11 is 0. The highest BCUT2D eigenvalue weighted by Gasteiger charge is 2.45. The summed E-state index contributed by atoms with van der Waals surface area (Å²) in [6.45, 7) is 9.36. The van der Waals surface area contributed by atoms with Crippen molar-refractivity contribution in [3.8, 4) is 5.75 Å². The van der Waals surface area contributed by atoms with E-state index in [2.05, 4.69) is 10.3 Å². The average Bonchev–Trinajstić information content (AvgIpc) is 3.51. The lowest BCUT2D eigenvalue weighted by atomic mass is 9.90. The van der Waals surface area contributed by atoms with E-state index in [-0.39, 0.29) is 48.2 Å². The van der Waals surface area contributed by atoms with Crippen LogP contribution in [0.25, 0.3) is 11.0 Å². The van der Waals surface area contributed by atoms with Crippen LogP contribution in [0.5, 0.6) is 5.75 Å². The molecule has 0 bridgehead atoms. The van der Waals surface area contributed by atoms with E-state index >= 15 is 0 Å². The Labute approximate surface area is 275 Å². The number of halogens is 2. The Balaban J connectivity index is 0.00000276. The van der Waals surface area contributed by atoms with E-state index in [0.717, 1.165) is 17.5 Å². The zero-order valence-electron chi connectivity index (χ0n) is 26.2. The van der Waals surface area contributed by atoms with E-state index in [0.29, 0.717) is 60.8 Å². The molecule has 1 atom stereocenters. The topological polar surface area (TPSA) is 110 Å². The van der Waals surface area contributed by atoms with Crippen molar-refractivity contribution in [2.24, 2.45) is 5.41 Å². The third kappa shape index (κ3) is 7.19. The molecule has 2 amide bonds. The number of aryl methyl sites for hydroxylation is 2. The van der Waals surface area contributed by atoms with Crippen LogP contribution in [0.1, 0.15) is 50.8 Å². The monoisotopic (exact) mass is 657 g/mol. The zero-order chi connectivity index (χ0) is 30.7. The number of benzene rings is 1. The maximum Gasteiger partial charge on any atom is 0.261 e. The maximum absolute atomic E-state index is 13.1. The molecule has 12 heteroatoms. The maximum atomic E-state index is 13.1. The molecule has 10 nitrogen and oxygen atoms in total. The fourth-order valence-electron chi connectivity index (χ4n) is 5.71. The summed E-state index contributed by atoms with van der Waals surface area (Å²) < 4.78 is 13.3. The standard InChI is InChI=1S/C33H39N5O5.2ClH/c1-6-38-27-9-8-24(20-28(27)36(5)31(40)33(3,4)32(38)41)42-18-7-14-35-26(23-10-15-34-16-11-23)12-17-37-21-22(2)29-25(30(37)39)13-19-43-29;;/h8-11,13,15-16,19-21,26,35H,6-7,12,14,17-18H2,1-5H3;2*1H. The van der Waals surface area contributed by atoms with E-state index in [1.54, 1.807) is 60.0 Å². The van der Waals surface area contributed by atoms with Crippen molar-refractivity contribution in [3.05, 3.63) is 82.7 Å². The molecule has 0 saturated heterocycles. The average molecular weight is 659 g/mol. The molecule has 3 aromatic heterocycles. The Bertz CT molecular complexity index is 1690. The van der Waals surface area contributed by atoms with Gasteiger partial charge in [-0.2, -0.15) is 0 Å². The second kappa shape index (κ2) is 14.9. The second-order valence-corrected chi connectivity index (χ2v) is 11.4. The largest absolute Gasteiger partial charge is 0.493 e. The van der Waals surface area contributed by atoms with Crippen LogP contribution in [-0.4, -0.2) is 48.1 Å². The quantitative estimate of drug-likeness (QED) is 0.163. The van der Waals surface area contributed by atoms with E-state index in [4.69, 9.17) is 9.15 Å². The first-order chi connectivity index (χ1) is 20.6. The number of carbonyl (C=O) groups is 2. The Kier molecular flexibility index (Phi) is 11.8. The van der Waals surface area contributed by atoms with Gasteiger partial charge in [0.15, 0.2) is 0 Å². The molecule has 242 valence electrons. The fourth-order valence-corrected chi connectivity index (χ4v) is 5.71. The van der Waals surface area contributed by atoms with Crippen molar-refractivity contribution in [1.82, 2.24) is 14.9 Å². The molecular weight excluding hydrogens is 617 g/mol. The normalized spacial score (nSPS) is 14.8. The van der Waals surface area contributed by atoms with Gasteiger partial charge in [-0.3, -0.25) is 19.4 Å². The molecule has 45 heavy (non-hydrogen) atoms. The van der Waals surface area contributed by atoms with Gasteiger partial charge in [0.25, 0.3) is 5.56 Å². The summed E-state index contributed by atoms with van der Waals surface area (Å²) in [6.07, 6.45) is 8.40. The van der Waals surface area contributed by atoms with Crippen LogP contribution < -0.4 is 25.4 Å². The first kappa shape index (κ1) is 35.6. The minimum absolute atomic E-state index is 0. The van der Waals surface area contributed by atoms with Crippen LogP contribution in [0, 0.1) is 12.3 Å². The minimum Gasteiger partial charge on any atom is -0.493 e. The zero-order valence-corrected chi connectivity index (χ0v) is 27.9. The van der Waals surface area contributed by atoms with Gasteiger partial charge in [-0.15, -0.1) is 24.8 Å². The van der Waals surface area contributed by atoms with Crippen molar-refractivity contribution < 1.29 is 18.7 Å². The molecule has 5 rings (SSSR count). The van der Waals surface area contributed by atoms with Gasteiger partial charge < -0.3 is 28.8 Å². The number of fused-ring (bicyclic) bond motifs is 2. The predicted molar refractivity (Wildman–Crippen MR) is 181 cm³/mol. The smallest absolute Gasteiger partial charge is 0.261 e. The van der Waals surface area contributed by atoms with Gasteiger partial charge in [0, 0.05) is 56.4 Å². The Morgan fingerprint density at radius 2 is 1.76 bits per heavy atom. The van der Waals surface area contributed by atoms with Crippen molar-refractivity contribution in [2.75, 3.05) is 36.5 Å². The molecule has 0 aliphatic carbocycles. The van der Waals surface area contributed by atoms with Gasteiger partial charge in [0.2, 0.25) is 11.8 Å². The molecule has 0 fully saturated rings. The van der Waals surface area contributed by atoms with Gasteiger partial charge >= 0.3 is 0 Å². The van der Waals surface area contributed by atoms with E-state index in [1.165, 1.54) is 0 Å². The van der Waals surface area contributed by atoms with Gasteiger partial charge in [0.1, 0.15) is 16.7 Å². The number of amides is 2. The van der Waals surface area contributed by atoms with Gasteiger partial charge in [0.05, 0.1) is 29.6 Å². The number of anilines is 2. The number of pyridine rings is 2. The van der Waals surface area contributed by atoms with Gasteiger partial charge in [-0.1, -0.05) is 0 Å². The van der Waals surface area contributed by atoms with E-state index in [1.807, 2.05) is 50.4 Å². The molecule has 0 saturated carbocycles. The number of ether oxygens (including phenoxy) is 1. The third-order valence-electron chi connectivity index (χ3n) is 8.15. The molecule has 4 heterocycles. The molecular formula is C33H41Cl2N5O5. The van der Waals surface area contributed by atoms with Crippen LogP contribution in [-0.2, 0) is 16.1 Å². The number of hydrogen-bond acceptors (Lipinski definition) is 7. The molecule has 1 unspecified atom stereocenters. The highest BCUT2D eigenvalue weighted by Crippen LogP contribution is 2.40. The van der Waals surface area contributed by atoms with E-state index in [9.17, 15) is 14.4 Å². The lowest BCUT2D eigenvalue weighted by Crippen LogP contribution is -2.47. The van der Waals surface area contributed by atoms with Crippen LogP contribution >= 0.6 is 24.8 Å². The first-order valence-electron chi connectivity index (χ1n) is 14.7. The fraction of sp³-hybridized carbons (Fsp3) is 0.394. The summed E-state index contributed by atoms with van der Waals surface area (Å²) in [4.78, 5) is 46.6. The minimum atomic E-state index is -1.15. The Hall–Kier alpha value is -3.86. The third-order valence-corrected chi connectivity index (χ3v) is 8.15. The number of furan rings is 1. The number of rotatable bonds is 11. The summed E-state index contributed by atoms with van der Waals surface area (Å²) in [5, 5.41) is 4.21. The second-order valence-electron chi connectivity index (χ2n) is 11.4. The molecule has 0 spiro atoms. The lowest BCUT2D eigenvalue weighted by Gasteiger charge is -2.27. The van der Waals surface area contributed by atoms with Crippen LogP contribution in [0.2, 0.25) is 0 Å². The van der Waals surface area contributed by atoms with Gasteiger partial charge in [-0.25, -0.2) is 0 Å². The number of nitrogens with zero attached hydrogens (tertiary/aromatic N) is 4. The summed E-state index contributed by atoms with van der Waals surface area (Å²) in [5.74, 6) is 0.174. The van der Waals surface area contributed by atoms with Crippen LogP contribution in [0.4, 0.5) is 11.4 Å². The van der Waals surface area contributed by atoms with Crippen LogP contribution in [0.15, 0.2) is 70.5 Å². The Morgan fingerprint density at radius 3 is 2.47 bits per heavy atom. The molecule has 4 aromatic rings. The first-order valence-corrected chi connectivity index (χ1v) is 14.7. The summed E-state index contributed by atoms with van der Waals surface area (Å²) in [6, 6.07) is 11.2. The van der Waals surface area contributed by atoms with Crippen molar-refractivity contribution in [1.29, 1.82) is 0 Å². The molecule has 1 N–H and O–H groups in total. The number of hydrogen-bond donors (Lipinski definition) is 1. The van der Waals surface area contributed by atoms with Crippen molar-refractivity contribution in [2.45, 2.75) is 53.1 Å². The van der Waals surface area contributed by atoms with Crippen molar-refractivity contribution in [3.63, 3.8) is 0 Å². The predicted octanol–water partition coefficient (Wildman–Crippen LogP) is 5.69. The SMILES string of the molecule is CCN1C(=O)C(C)(C)C(=O)N(C)c2cc(OCCCNC(CCn3cc(C)c4occc4c3=O)c3ccncc3)ccc21.Cl.Cl.